The molecular weight excluding hydrogens is 258 g/mol. The Labute approximate surface area is 128 Å². The van der Waals surface area contributed by atoms with E-state index in [-0.39, 0.29) is 0 Å². The number of hydrogen-bond donors (Lipinski definition) is 0. The lowest BCUT2D eigenvalue weighted by atomic mass is 9.86. The highest BCUT2D eigenvalue weighted by molar-refractivity contribution is 5.76. The van der Waals surface area contributed by atoms with Gasteiger partial charge in [-0.05, 0) is 24.3 Å². The third kappa shape index (κ3) is 3.87. The normalized spacial score (nSPS) is 23.4. The maximum absolute atomic E-state index is 12.4. The summed E-state index contributed by atoms with van der Waals surface area (Å²) in [5.41, 5.74) is 1.39. The summed E-state index contributed by atoms with van der Waals surface area (Å²) in [5, 5.41) is 0. The molecule has 1 unspecified atom stereocenters. The molecule has 1 aliphatic carbocycles. The minimum atomic E-state index is 0.388. The highest BCUT2D eigenvalue weighted by atomic mass is 16.2. The van der Waals surface area contributed by atoms with Crippen LogP contribution in [0.5, 0.6) is 0 Å². The third-order valence-corrected chi connectivity index (χ3v) is 5.30. The maximum atomic E-state index is 12.4. The molecule has 1 atom stereocenters. The van der Waals surface area contributed by atoms with Gasteiger partial charge >= 0.3 is 0 Å². The molecule has 0 bridgehead atoms. The fourth-order valence-electron chi connectivity index (χ4n) is 3.95. The van der Waals surface area contributed by atoms with Crippen LogP contribution in [0.2, 0.25) is 0 Å². The molecule has 2 nitrogen and oxygen atoms in total. The minimum absolute atomic E-state index is 0.388. The lowest BCUT2D eigenvalue weighted by Crippen LogP contribution is -2.28. The van der Waals surface area contributed by atoms with Gasteiger partial charge in [-0.15, -0.1) is 0 Å². The number of likely N-dealkylation sites (tertiary alicyclic amines) is 1. The predicted octanol–water partition coefficient (Wildman–Crippen LogP) is 4.36. The van der Waals surface area contributed by atoms with Crippen molar-refractivity contribution in [3.8, 4) is 0 Å². The van der Waals surface area contributed by atoms with Crippen molar-refractivity contribution in [3.63, 3.8) is 0 Å². The molecule has 1 saturated carbocycles. The second-order valence-electron chi connectivity index (χ2n) is 6.78. The average Bonchev–Trinajstić information content (AvgIpc) is 3.04. The molecule has 21 heavy (non-hydrogen) atoms. The van der Waals surface area contributed by atoms with Crippen LogP contribution in [0.15, 0.2) is 30.3 Å². The van der Waals surface area contributed by atoms with E-state index in [9.17, 15) is 4.79 Å². The SMILES string of the molecule is O=C(CCC1CCCCC1)N1CCC(c2ccccc2)C1. The first kappa shape index (κ1) is 14.6. The maximum Gasteiger partial charge on any atom is 0.222 e. The number of amides is 1. The minimum Gasteiger partial charge on any atom is -0.342 e. The summed E-state index contributed by atoms with van der Waals surface area (Å²) in [6.45, 7) is 1.87. The van der Waals surface area contributed by atoms with Crippen molar-refractivity contribution in [2.24, 2.45) is 5.92 Å². The van der Waals surface area contributed by atoms with Crippen LogP contribution in [-0.4, -0.2) is 23.9 Å². The molecule has 1 saturated heterocycles. The van der Waals surface area contributed by atoms with Gasteiger partial charge in [-0.1, -0.05) is 62.4 Å². The van der Waals surface area contributed by atoms with E-state index >= 15 is 0 Å². The van der Waals surface area contributed by atoms with Gasteiger partial charge in [0.25, 0.3) is 0 Å². The number of hydrogen-bond acceptors (Lipinski definition) is 1. The van der Waals surface area contributed by atoms with Gasteiger partial charge in [-0.3, -0.25) is 4.79 Å². The Morgan fingerprint density at radius 2 is 1.81 bits per heavy atom. The smallest absolute Gasteiger partial charge is 0.222 e. The van der Waals surface area contributed by atoms with Gasteiger partial charge in [-0.25, -0.2) is 0 Å². The van der Waals surface area contributed by atoms with Gasteiger partial charge in [0.1, 0.15) is 0 Å². The van der Waals surface area contributed by atoms with Gasteiger partial charge < -0.3 is 4.90 Å². The summed E-state index contributed by atoms with van der Waals surface area (Å²) in [6, 6.07) is 10.7. The molecule has 2 heteroatoms. The number of carbonyl (C=O) groups is 1. The molecule has 0 spiro atoms. The molecule has 0 radical (unpaired) electrons. The first-order valence-electron chi connectivity index (χ1n) is 8.65. The van der Waals surface area contributed by atoms with Crippen molar-refractivity contribution in [1.82, 2.24) is 4.90 Å². The Kier molecular flexibility index (Phi) is 4.95. The summed E-state index contributed by atoms with van der Waals surface area (Å²) >= 11 is 0. The largest absolute Gasteiger partial charge is 0.342 e. The zero-order valence-corrected chi connectivity index (χ0v) is 13.0. The first-order chi connectivity index (χ1) is 10.3. The van der Waals surface area contributed by atoms with E-state index < -0.39 is 0 Å². The topological polar surface area (TPSA) is 20.3 Å². The van der Waals surface area contributed by atoms with Crippen LogP contribution in [-0.2, 0) is 4.79 Å². The molecule has 3 rings (SSSR count). The van der Waals surface area contributed by atoms with Crippen LogP contribution in [0.25, 0.3) is 0 Å². The second kappa shape index (κ2) is 7.11. The van der Waals surface area contributed by atoms with Gasteiger partial charge in [0.2, 0.25) is 5.91 Å². The van der Waals surface area contributed by atoms with Gasteiger partial charge in [0, 0.05) is 25.4 Å². The molecule has 114 valence electrons. The lowest BCUT2D eigenvalue weighted by molar-refractivity contribution is -0.130. The van der Waals surface area contributed by atoms with E-state index in [1.165, 1.54) is 37.7 Å². The molecular formula is C19H27NO. The van der Waals surface area contributed by atoms with Crippen molar-refractivity contribution in [1.29, 1.82) is 0 Å². The van der Waals surface area contributed by atoms with Gasteiger partial charge in [0.05, 0.1) is 0 Å². The van der Waals surface area contributed by atoms with Crippen LogP contribution >= 0.6 is 0 Å². The average molecular weight is 285 g/mol. The van der Waals surface area contributed by atoms with Crippen molar-refractivity contribution >= 4 is 5.91 Å². The second-order valence-corrected chi connectivity index (χ2v) is 6.78. The summed E-state index contributed by atoms with van der Waals surface area (Å²) in [4.78, 5) is 14.5. The standard InChI is InChI=1S/C19H27NO/c21-19(12-11-16-7-3-1-4-8-16)20-14-13-18(15-20)17-9-5-2-6-10-17/h2,5-6,9-10,16,18H,1,3-4,7-8,11-15H2. The summed E-state index contributed by atoms with van der Waals surface area (Å²) in [7, 11) is 0. The molecule has 1 aromatic rings. The van der Waals surface area contributed by atoms with Crippen LogP contribution in [0.1, 0.15) is 62.8 Å². The Balaban J connectivity index is 1.46. The van der Waals surface area contributed by atoms with E-state index in [2.05, 4.69) is 35.2 Å². The Morgan fingerprint density at radius 1 is 1.05 bits per heavy atom. The van der Waals surface area contributed by atoms with Gasteiger partial charge in [-0.2, -0.15) is 0 Å². The highest BCUT2D eigenvalue weighted by Crippen LogP contribution is 2.30. The van der Waals surface area contributed by atoms with Crippen molar-refractivity contribution in [2.45, 2.75) is 57.3 Å². The first-order valence-corrected chi connectivity index (χ1v) is 8.65. The van der Waals surface area contributed by atoms with E-state index in [1.807, 2.05) is 0 Å². The molecule has 1 heterocycles. The number of benzene rings is 1. The Bertz CT molecular complexity index is 450. The van der Waals surface area contributed by atoms with Crippen molar-refractivity contribution < 1.29 is 4.79 Å². The van der Waals surface area contributed by atoms with Crippen LogP contribution in [0.3, 0.4) is 0 Å². The quantitative estimate of drug-likeness (QED) is 0.804. The van der Waals surface area contributed by atoms with Crippen molar-refractivity contribution in [3.05, 3.63) is 35.9 Å². The molecule has 1 aliphatic heterocycles. The van der Waals surface area contributed by atoms with Gasteiger partial charge in [0.15, 0.2) is 0 Å². The van der Waals surface area contributed by atoms with Crippen LogP contribution < -0.4 is 0 Å². The molecule has 0 aromatic heterocycles. The molecule has 1 amide bonds. The predicted molar refractivity (Wildman–Crippen MR) is 86.2 cm³/mol. The van der Waals surface area contributed by atoms with Crippen LogP contribution in [0, 0.1) is 5.92 Å². The van der Waals surface area contributed by atoms with Crippen molar-refractivity contribution in [2.75, 3.05) is 13.1 Å². The van der Waals surface area contributed by atoms with Crippen LogP contribution in [0.4, 0.5) is 0 Å². The van der Waals surface area contributed by atoms with E-state index in [0.29, 0.717) is 11.8 Å². The molecule has 1 aromatic carbocycles. The fraction of sp³-hybridized carbons (Fsp3) is 0.632. The Morgan fingerprint density at radius 3 is 2.57 bits per heavy atom. The summed E-state index contributed by atoms with van der Waals surface area (Å²) in [5.74, 6) is 1.75. The van der Waals surface area contributed by atoms with E-state index in [0.717, 1.165) is 38.3 Å². The molecule has 0 N–H and O–H groups in total. The fourth-order valence-corrected chi connectivity index (χ4v) is 3.95. The highest BCUT2D eigenvalue weighted by Gasteiger charge is 2.27. The zero-order chi connectivity index (χ0) is 14.5. The lowest BCUT2D eigenvalue weighted by Gasteiger charge is -2.23. The number of rotatable bonds is 4. The number of carbonyl (C=O) groups excluding carboxylic acids is 1. The molecule has 2 fully saturated rings. The van der Waals surface area contributed by atoms with E-state index in [1.54, 1.807) is 0 Å². The number of nitrogens with zero attached hydrogens (tertiary/aromatic N) is 1. The van der Waals surface area contributed by atoms with E-state index in [4.69, 9.17) is 0 Å². The third-order valence-electron chi connectivity index (χ3n) is 5.30. The monoisotopic (exact) mass is 285 g/mol. The molecule has 2 aliphatic rings. The zero-order valence-electron chi connectivity index (χ0n) is 13.0. The Hall–Kier alpha value is -1.31. The summed E-state index contributed by atoms with van der Waals surface area (Å²) in [6.07, 6.45) is 9.85. The summed E-state index contributed by atoms with van der Waals surface area (Å²) < 4.78 is 0.